The second-order valence-corrected chi connectivity index (χ2v) is 13.5. The fourth-order valence-corrected chi connectivity index (χ4v) is 6.24. The summed E-state index contributed by atoms with van der Waals surface area (Å²) in [7, 11) is -3.50. The van der Waals surface area contributed by atoms with E-state index in [9.17, 15) is 23.1 Å². The molecule has 2 aromatic rings. The molecule has 0 heterocycles. The Hall–Kier alpha value is -2.13. The molecule has 4 unspecified atom stereocenters. The molecule has 7 nitrogen and oxygen atoms in total. The van der Waals surface area contributed by atoms with Crippen LogP contribution in [0.1, 0.15) is 63.6 Å². The van der Waals surface area contributed by atoms with Gasteiger partial charge in [0.05, 0.1) is 23.5 Å². The van der Waals surface area contributed by atoms with Gasteiger partial charge in [-0.1, -0.05) is 61.3 Å². The summed E-state index contributed by atoms with van der Waals surface area (Å²) in [6.45, 7) is 6.99. The van der Waals surface area contributed by atoms with E-state index in [1.807, 2.05) is 19.9 Å². The quantitative estimate of drug-likeness (QED) is 0.297. The largest absolute Gasteiger partial charge is 0.481 e. The van der Waals surface area contributed by atoms with Crippen LogP contribution in [-0.2, 0) is 19.4 Å². The van der Waals surface area contributed by atoms with Crippen molar-refractivity contribution in [3.8, 4) is 0 Å². The van der Waals surface area contributed by atoms with Gasteiger partial charge in [-0.25, -0.2) is 8.42 Å². The molecule has 2 aromatic carbocycles. The second kappa shape index (κ2) is 13.6. The molecule has 4 atom stereocenters. The van der Waals surface area contributed by atoms with Crippen molar-refractivity contribution in [2.75, 3.05) is 5.75 Å². The van der Waals surface area contributed by atoms with Crippen LogP contribution >= 0.6 is 23.2 Å². The highest BCUT2D eigenvalue weighted by atomic mass is 35.5. The average Bonchev–Trinajstić information content (AvgIpc) is 2.80. The Morgan fingerprint density at radius 3 is 2.14 bits per heavy atom. The minimum atomic E-state index is -3.50. The first kappa shape index (κ1) is 31.1. The zero-order chi connectivity index (χ0) is 27.9. The smallest absolute Gasteiger partial charge is 0.304 e. The van der Waals surface area contributed by atoms with E-state index in [0.717, 1.165) is 11.1 Å². The van der Waals surface area contributed by atoms with Gasteiger partial charge in [0.1, 0.15) is 0 Å². The number of aliphatic carboxylic acids is 1. The third-order valence-corrected chi connectivity index (χ3v) is 9.31. The second-order valence-electron chi connectivity index (χ2n) is 9.99. The van der Waals surface area contributed by atoms with Crippen LogP contribution in [0.25, 0.3) is 0 Å². The molecule has 10 heteroatoms. The summed E-state index contributed by atoms with van der Waals surface area (Å²) in [5, 5.41) is 9.72. The number of benzene rings is 2. The van der Waals surface area contributed by atoms with Gasteiger partial charge in [0.25, 0.3) is 0 Å². The third kappa shape index (κ3) is 8.70. The van der Waals surface area contributed by atoms with Gasteiger partial charge in [0.2, 0.25) is 6.41 Å². The van der Waals surface area contributed by atoms with Crippen molar-refractivity contribution in [3.63, 3.8) is 0 Å². The van der Waals surface area contributed by atoms with Crippen molar-refractivity contribution in [2.45, 2.75) is 69.8 Å². The molecule has 0 bridgehead atoms. The van der Waals surface area contributed by atoms with Crippen molar-refractivity contribution in [2.24, 2.45) is 11.7 Å². The van der Waals surface area contributed by atoms with E-state index in [2.05, 4.69) is 0 Å². The molecule has 0 aliphatic carbocycles. The molecule has 0 spiro atoms. The number of carboxylic acids is 1. The molecule has 0 aliphatic rings. The number of carbonyl (C=O) groups excluding carboxylic acids is 1. The van der Waals surface area contributed by atoms with E-state index in [0.29, 0.717) is 16.5 Å². The lowest BCUT2D eigenvalue weighted by molar-refractivity contribution is -0.137. The Morgan fingerprint density at radius 1 is 1.03 bits per heavy atom. The van der Waals surface area contributed by atoms with Gasteiger partial charge in [-0.15, -0.1) is 0 Å². The van der Waals surface area contributed by atoms with Crippen LogP contribution in [0.5, 0.6) is 0 Å². The first-order valence-corrected chi connectivity index (χ1v) is 14.7. The fourth-order valence-electron chi connectivity index (χ4n) is 4.49. The van der Waals surface area contributed by atoms with Gasteiger partial charge >= 0.3 is 5.97 Å². The van der Waals surface area contributed by atoms with E-state index >= 15 is 0 Å². The monoisotopic (exact) mass is 570 g/mol. The SMILES string of the molecule is CC(C)C(CS(=O)(=O)C(C)C)N(C=O)C(c1ccc(Cl)cc1)C(CC(N)CC(=O)O)c1cccc(Cl)c1. The predicted molar refractivity (Wildman–Crippen MR) is 149 cm³/mol. The minimum absolute atomic E-state index is 0.193. The zero-order valence-corrected chi connectivity index (χ0v) is 23.9. The third-order valence-electron chi connectivity index (χ3n) is 6.58. The molecule has 0 saturated heterocycles. The van der Waals surface area contributed by atoms with Crippen molar-refractivity contribution in [3.05, 3.63) is 69.7 Å². The first-order chi connectivity index (χ1) is 17.3. The topological polar surface area (TPSA) is 118 Å². The van der Waals surface area contributed by atoms with Crippen molar-refractivity contribution >= 4 is 45.4 Å². The summed E-state index contributed by atoms with van der Waals surface area (Å²) < 4.78 is 26.0. The molecule has 0 aliphatic heterocycles. The lowest BCUT2D eigenvalue weighted by atomic mass is 9.80. The summed E-state index contributed by atoms with van der Waals surface area (Å²) in [5.74, 6) is -1.92. The molecule has 0 saturated carbocycles. The summed E-state index contributed by atoms with van der Waals surface area (Å²) >= 11 is 12.5. The van der Waals surface area contributed by atoms with Gasteiger partial charge < -0.3 is 15.7 Å². The van der Waals surface area contributed by atoms with E-state index in [4.69, 9.17) is 28.9 Å². The van der Waals surface area contributed by atoms with E-state index in [1.54, 1.807) is 61.2 Å². The molecule has 204 valence electrons. The molecular weight excluding hydrogens is 535 g/mol. The lowest BCUT2D eigenvalue weighted by Crippen LogP contribution is -2.48. The molecular formula is C27H36Cl2N2O5S. The lowest BCUT2D eigenvalue weighted by Gasteiger charge is -2.42. The summed E-state index contributed by atoms with van der Waals surface area (Å²) in [5.41, 5.74) is 7.75. The van der Waals surface area contributed by atoms with Crippen molar-refractivity contribution < 1.29 is 23.1 Å². The van der Waals surface area contributed by atoms with Gasteiger partial charge in [-0.2, -0.15) is 0 Å². The molecule has 3 N–H and O–H groups in total. The number of carboxylic acid groups (broad SMARTS) is 1. The van der Waals surface area contributed by atoms with Crippen LogP contribution in [0.3, 0.4) is 0 Å². The number of amides is 1. The normalized spacial score (nSPS) is 15.3. The zero-order valence-electron chi connectivity index (χ0n) is 21.6. The Labute approximate surface area is 229 Å². The highest BCUT2D eigenvalue weighted by molar-refractivity contribution is 7.92. The Bertz CT molecular complexity index is 1160. The highest BCUT2D eigenvalue weighted by Crippen LogP contribution is 2.42. The van der Waals surface area contributed by atoms with Crippen LogP contribution in [0, 0.1) is 5.92 Å². The Balaban J connectivity index is 2.76. The number of nitrogens with zero attached hydrogens (tertiary/aromatic N) is 1. The minimum Gasteiger partial charge on any atom is -0.481 e. The number of halogens is 2. The molecule has 0 radical (unpaired) electrons. The molecule has 0 fully saturated rings. The van der Waals surface area contributed by atoms with Gasteiger partial charge in [-0.3, -0.25) is 9.59 Å². The van der Waals surface area contributed by atoms with Crippen LogP contribution < -0.4 is 5.73 Å². The molecule has 2 rings (SSSR count). The molecule has 37 heavy (non-hydrogen) atoms. The van der Waals surface area contributed by atoms with Gasteiger partial charge in [0, 0.05) is 28.0 Å². The first-order valence-electron chi connectivity index (χ1n) is 12.2. The molecule has 1 amide bonds. The Kier molecular flexibility index (Phi) is 11.4. The van der Waals surface area contributed by atoms with E-state index in [1.165, 1.54) is 0 Å². The van der Waals surface area contributed by atoms with E-state index in [-0.39, 0.29) is 24.5 Å². The van der Waals surface area contributed by atoms with Crippen LogP contribution in [0.4, 0.5) is 0 Å². The van der Waals surface area contributed by atoms with Crippen LogP contribution in [0.2, 0.25) is 10.0 Å². The maximum atomic E-state index is 13.0. The number of hydrogen-bond acceptors (Lipinski definition) is 5. The average molecular weight is 572 g/mol. The standard InChI is InChI=1S/C27H36Cl2N2O5S/c1-17(2)25(15-37(35,36)18(3)4)31(16-32)27(19-8-10-21(28)11-9-19)24(13-23(30)14-26(33)34)20-6-5-7-22(29)12-20/h5-12,16-18,23-25,27H,13-15,30H2,1-4H3,(H,33,34). The highest BCUT2D eigenvalue weighted by Gasteiger charge is 2.38. The summed E-state index contributed by atoms with van der Waals surface area (Å²) in [6.07, 6.45) is 0.632. The van der Waals surface area contributed by atoms with Crippen molar-refractivity contribution in [1.82, 2.24) is 4.90 Å². The number of hydrogen-bond donors (Lipinski definition) is 2. The van der Waals surface area contributed by atoms with Crippen LogP contribution in [0.15, 0.2) is 48.5 Å². The van der Waals surface area contributed by atoms with Crippen LogP contribution in [-0.4, -0.2) is 53.9 Å². The van der Waals surface area contributed by atoms with Gasteiger partial charge in [0.15, 0.2) is 9.84 Å². The number of rotatable bonds is 14. The maximum absolute atomic E-state index is 13.0. The Morgan fingerprint density at radius 2 is 1.65 bits per heavy atom. The summed E-state index contributed by atoms with van der Waals surface area (Å²) in [6, 6.07) is 12.1. The summed E-state index contributed by atoms with van der Waals surface area (Å²) in [4.78, 5) is 25.8. The molecule has 0 aromatic heterocycles. The maximum Gasteiger partial charge on any atom is 0.304 e. The predicted octanol–water partition coefficient (Wildman–Crippen LogP) is 5.32. The van der Waals surface area contributed by atoms with Gasteiger partial charge in [-0.05, 0) is 61.6 Å². The number of nitrogens with two attached hydrogens (primary N) is 1. The van der Waals surface area contributed by atoms with E-state index < -0.39 is 45.1 Å². The fraction of sp³-hybridized carbons (Fsp3) is 0.481. The number of carbonyl (C=O) groups is 2. The van der Waals surface area contributed by atoms with Crippen molar-refractivity contribution in [1.29, 1.82) is 0 Å². The number of sulfone groups is 1.